The van der Waals surface area contributed by atoms with E-state index in [2.05, 4.69) is 58.1 Å². The van der Waals surface area contributed by atoms with E-state index < -0.39 is 0 Å². The fraction of sp³-hybridized carbons (Fsp3) is 0.381. The Hall–Kier alpha value is -2.73. The van der Waals surface area contributed by atoms with E-state index in [1.165, 1.54) is 5.56 Å². The average Bonchev–Trinajstić information content (AvgIpc) is 3.11. The van der Waals surface area contributed by atoms with Crippen LogP contribution in [0.4, 0.5) is 0 Å². The molecular weight excluding hydrogens is 340 g/mol. The summed E-state index contributed by atoms with van der Waals surface area (Å²) in [5, 5.41) is 4.01. The predicted molar refractivity (Wildman–Crippen MR) is 105 cm³/mol. The quantitative estimate of drug-likeness (QED) is 0.624. The minimum Gasteiger partial charge on any atom is -0.494 e. The number of pyridine rings is 1. The Bertz CT molecular complexity index is 887. The Labute approximate surface area is 160 Å². The van der Waals surface area contributed by atoms with Crippen LogP contribution in [0.2, 0.25) is 0 Å². The van der Waals surface area contributed by atoms with Crippen molar-refractivity contribution in [2.24, 2.45) is 0 Å². The molecule has 0 N–H and O–H groups in total. The number of nitrogens with zero attached hydrogens (tertiary/aromatic N) is 4. The van der Waals surface area contributed by atoms with Crippen LogP contribution in [0, 0.1) is 6.92 Å². The Kier molecular flexibility index (Phi) is 5.86. The highest BCUT2D eigenvalue weighted by Gasteiger charge is 2.13. The summed E-state index contributed by atoms with van der Waals surface area (Å²) in [4.78, 5) is 10.9. The van der Waals surface area contributed by atoms with Crippen molar-refractivity contribution in [1.29, 1.82) is 0 Å². The van der Waals surface area contributed by atoms with Gasteiger partial charge >= 0.3 is 0 Å². The molecule has 1 aromatic carbocycles. The largest absolute Gasteiger partial charge is 0.494 e. The van der Waals surface area contributed by atoms with Crippen LogP contribution in [0.5, 0.6) is 5.75 Å². The van der Waals surface area contributed by atoms with Gasteiger partial charge < -0.3 is 9.26 Å². The van der Waals surface area contributed by atoms with Gasteiger partial charge in [-0.2, -0.15) is 4.98 Å². The number of benzene rings is 1. The normalized spacial score (nSPS) is 11.4. The standard InChI is InChI=1S/C21H26N4O2/c1-14(2)21-23-19(27-24-21)13-25(4)12-16-6-8-17(9-7-16)18-10-11-22-15(3)20(18)26-5/h6-11,14H,12-13H2,1-5H3. The maximum atomic E-state index is 5.52. The third-order valence-corrected chi connectivity index (χ3v) is 4.41. The zero-order chi connectivity index (χ0) is 19.4. The molecule has 27 heavy (non-hydrogen) atoms. The van der Waals surface area contributed by atoms with Crippen molar-refractivity contribution in [2.75, 3.05) is 14.2 Å². The molecular formula is C21H26N4O2. The molecule has 0 fully saturated rings. The molecule has 6 heteroatoms. The number of hydrogen-bond donors (Lipinski definition) is 0. The van der Waals surface area contributed by atoms with Gasteiger partial charge in [-0.1, -0.05) is 43.3 Å². The lowest BCUT2D eigenvalue weighted by molar-refractivity contribution is 0.260. The monoisotopic (exact) mass is 366 g/mol. The van der Waals surface area contributed by atoms with Gasteiger partial charge in [0.05, 0.1) is 19.3 Å². The van der Waals surface area contributed by atoms with E-state index in [1.54, 1.807) is 7.11 Å². The molecule has 0 amide bonds. The van der Waals surface area contributed by atoms with Crippen LogP contribution in [0.15, 0.2) is 41.1 Å². The second-order valence-corrected chi connectivity index (χ2v) is 7.05. The molecule has 0 bridgehead atoms. The molecule has 2 heterocycles. The van der Waals surface area contributed by atoms with E-state index in [0.717, 1.165) is 34.9 Å². The third kappa shape index (κ3) is 4.52. The molecule has 6 nitrogen and oxygen atoms in total. The lowest BCUT2D eigenvalue weighted by Crippen LogP contribution is -2.17. The lowest BCUT2D eigenvalue weighted by atomic mass is 10.0. The van der Waals surface area contributed by atoms with E-state index in [4.69, 9.17) is 9.26 Å². The SMILES string of the molecule is COc1c(-c2ccc(CN(C)Cc3nc(C(C)C)no3)cc2)ccnc1C. The van der Waals surface area contributed by atoms with Gasteiger partial charge in [0.1, 0.15) is 5.75 Å². The topological polar surface area (TPSA) is 64.3 Å². The molecule has 0 saturated carbocycles. The van der Waals surface area contributed by atoms with Gasteiger partial charge in [0, 0.05) is 24.2 Å². The zero-order valence-electron chi connectivity index (χ0n) is 16.6. The average molecular weight is 366 g/mol. The first kappa shape index (κ1) is 19.0. The van der Waals surface area contributed by atoms with E-state index >= 15 is 0 Å². The van der Waals surface area contributed by atoms with Gasteiger partial charge in [0.15, 0.2) is 5.82 Å². The molecule has 0 aliphatic rings. The molecule has 0 aliphatic heterocycles. The molecule has 3 aromatic rings. The highest BCUT2D eigenvalue weighted by molar-refractivity contribution is 5.71. The molecule has 0 aliphatic carbocycles. The first-order chi connectivity index (χ1) is 13.0. The Morgan fingerprint density at radius 3 is 2.48 bits per heavy atom. The fourth-order valence-electron chi connectivity index (χ4n) is 2.99. The van der Waals surface area contributed by atoms with Crippen LogP contribution in [-0.2, 0) is 13.1 Å². The van der Waals surface area contributed by atoms with E-state index in [-0.39, 0.29) is 5.92 Å². The summed E-state index contributed by atoms with van der Waals surface area (Å²) < 4.78 is 10.8. The zero-order valence-corrected chi connectivity index (χ0v) is 16.6. The number of rotatable bonds is 7. The summed E-state index contributed by atoms with van der Waals surface area (Å²) in [5.74, 6) is 2.49. The van der Waals surface area contributed by atoms with Crippen molar-refractivity contribution in [2.45, 2.75) is 39.8 Å². The maximum Gasteiger partial charge on any atom is 0.240 e. The van der Waals surface area contributed by atoms with E-state index in [1.807, 2.05) is 26.2 Å². The van der Waals surface area contributed by atoms with Crippen LogP contribution in [0.25, 0.3) is 11.1 Å². The van der Waals surface area contributed by atoms with E-state index in [0.29, 0.717) is 12.4 Å². The molecule has 142 valence electrons. The predicted octanol–water partition coefficient (Wildman–Crippen LogP) is 4.20. The molecule has 0 radical (unpaired) electrons. The number of hydrogen-bond acceptors (Lipinski definition) is 6. The van der Waals surface area contributed by atoms with E-state index in [9.17, 15) is 0 Å². The first-order valence-corrected chi connectivity index (χ1v) is 9.08. The van der Waals surface area contributed by atoms with Gasteiger partial charge in [-0.3, -0.25) is 9.88 Å². The molecule has 0 atom stereocenters. The summed E-state index contributed by atoms with van der Waals surface area (Å²) in [6, 6.07) is 10.5. The Morgan fingerprint density at radius 2 is 1.85 bits per heavy atom. The van der Waals surface area contributed by atoms with Crippen LogP contribution < -0.4 is 4.74 Å². The minimum absolute atomic E-state index is 0.272. The van der Waals surface area contributed by atoms with Gasteiger partial charge in [0.2, 0.25) is 5.89 Å². The molecule has 0 unspecified atom stereocenters. The summed E-state index contributed by atoms with van der Waals surface area (Å²) in [7, 11) is 3.72. The van der Waals surface area contributed by atoms with Gasteiger partial charge in [-0.05, 0) is 31.2 Å². The summed E-state index contributed by atoms with van der Waals surface area (Å²) >= 11 is 0. The van der Waals surface area contributed by atoms with Crippen molar-refractivity contribution in [3.8, 4) is 16.9 Å². The Morgan fingerprint density at radius 1 is 1.11 bits per heavy atom. The van der Waals surface area contributed by atoms with Gasteiger partial charge in [-0.25, -0.2) is 0 Å². The second-order valence-electron chi connectivity index (χ2n) is 7.05. The van der Waals surface area contributed by atoms with Crippen molar-refractivity contribution < 1.29 is 9.26 Å². The fourth-order valence-corrected chi connectivity index (χ4v) is 2.99. The van der Waals surface area contributed by atoms with Gasteiger partial charge in [-0.15, -0.1) is 0 Å². The first-order valence-electron chi connectivity index (χ1n) is 9.08. The molecule has 3 rings (SSSR count). The van der Waals surface area contributed by atoms with Crippen molar-refractivity contribution in [3.05, 3.63) is 59.5 Å². The van der Waals surface area contributed by atoms with Crippen LogP contribution in [0.1, 0.15) is 42.7 Å². The smallest absolute Gasteiger partial charge is 0.240 e. The molecule has 2 aromatic heterocycles. The highest BCUT2D eigenvalue weighted by Crippen LogP contribution is 2.31. The highest BCUT2D eigenvalue weighted by atomic mass is 16.5. The summed E-state index contributed by atoms with van der Waals surface area (Å²) in [5.41, 5.74) is 4.27. The van der Waals surface area contributed by atoms with Crippen molar-refractivity contribution in [1.82, 2.24) is 20.0 Å². The van der Waals surface area contributed by atoms with Crippen molar-refractivity contribution >= 4 is 0 Å². The van der Waals surface area contributed by atoms with Gasteiger partial charge in [0.25, 0.3) is 0 Å². The number of methoxy groups -OCH3 is 1. The molecule has 0 spiro atoms. The van der Waals surface area contributed by atoms with Crippen LogP contribution in [0.3, 0.4) is 0 Å². The van der Waals surface area contributed by atoms with Crippen LogP contribution >= 0.6 is 0 Å². The van der Waals surface area contributed by atoms with Crippen LogP contribution in [-0.4, -0.2) is 34.2 Å². The maximum absolute atomic E-state index is 5.52. The van der Waals surface area contributed by atoms with Crippen molar-refractivity contribution in [3.63, 3.8) is 0 Å². The number of aryl methyl sites for hydroxylation is 1. The third-order valence-electron chi connectivity index (χ3n) is 4.41. The summed E-state index contributed by atoms with van der Waals surface area (Å²) in [6.07, 6.45) is 1.81. The lowest BCUT2D eigenvalue weighted by Gasteiger charge is -2.15. The Balaban J connectivity index is 1.67. The summed E-state index contributed by atoms with van der Waals surface area (Å²) in [6.45, 7) is 7.48. The number of ether oxygens (including phenoxy) is 1. The second kappa shape index (κ2) is 8.31. The molecule has 0 saturated heterocycles. The minimum atomic E-state index is 0.272. The number of aromatic nitrogens is 3.